The van der Waals surface area contributed by atoms with Crippen LogP contribution in [0.15, 0.2) is 10.6 Å². The van der Waals surface area contributed by atoms with Crippen molar-refractivity contribution in [2.75, 3.05) is 20.3 Å². The lowest BCUT2D eigenvalue weighted by atomic mass is 9.93. The number of ether oxygens (including phenoxy) is 2. The summed E-state index contributed by atoms with van der Waals surface area (Å²) in [6.07, 6.45) is 2.03. The Bertz CT molecular complexity index is 920. The maximum Gasteiger partial charge on any atom is 0.274 e. The normalized spacial score (nSPS) is 21.9. The van der Waals surface area contributed by atoms with Gasteiger partial charge in [-0.1, -0.05) is 19.0 Å². The summed E-state index contributed by atoms with van der Waals surface area (Å²) in [5.41, 5.74) is -0.827. The lowest BCUT2D eigenvalue weighted by Crippen LogP contribution is -2.58. The van der Waals surface area contributed by atoms with Gasteiger partial charge in [0.15, 0.2) is 11.5 Å². The van der Waals surface area contributed by atoms with Crippen LogP contribution in [0.2, 0.25) is 0 Å². The molecule has 11 heteroatoms. The minimum atomic E-state index is -1.05. The van der Waals surface area contributed by atoms with E-state index in [4.69, 9.17) is 14.0 Å². The molecule has 34 heavy (non-hydrogen) atoms. The van der Waals surface area contributed by atoms with E-state index in [-0.39, 0.29) is 29.9 Å². The highest BCUT2D eigenvalue weighted by atomic mass is 16.6. The second-order valence-electron chi connectivity index (χ2n) is 9.70. The minimum Gasteiger partial charge on any atom is -0.382 e. The molecule has 1 aromatic heterocycles. The third-order valence-corrected chi connectivity index (χ3v) is 5.93. The number of rotatable bonds is 13. The van der Waals surface area contributed by atoms with Crippen molar-refractivity contribution in [3.63, 3.8) is 0 Å². The van der Waals surface area contributed by atoms with Crippen LogP contribution in [-0.4, -0.2) is 72.7 Å². The molecule has 11 nitrogen and oxygen atoms in total. The van der Waals surface area contributed by atoms with Crippen LogP contribution in [0.25, 0.3) is 0 Å². The Morgan fingerprint density at radius 1 is 1.15 bits per heavy atom. The van der Waals surface area contributed by atoms with E-state index in [1.165, 1.54) is 13.2 Å². The standard InChI is InChI=1S/C23H34N4O7/c1-12(2)8-15(19(28)23(4)11-33-23)24-22(31)18(14-6-7-14)26-21(30)17(10-32-5)25-20(29)16-9-13(3)34-27-16/h9,12,14-15,17-18H,6-8,10-11H2,1-5H3,(H,24,31)(H,25,29)(H,26,30)/t15-,17-,18?,23+/m0/s1. The third kappa shape index (κ3) is 6.63. The van der Waals surface area contributed by atoms with Crippen LogP contribution in [0.5, 0.6) is 0 Å². The van der Waals surface area contributed by atoms with Crippen molar-refractivity contribution in [3.8, 4) is 0 Å². The molecule has 1 unspecified atom stereocenters. The number of hydrogen-bond donors (Lipinski definition) is 3. The fourth-order valence-electron chi connectivity index (χ4n) is 3.72. The third-order valence-electron chi connectivity index (χ3n) is 5.93. The number of amides is 3. The second-order valence-corrected chi connectivity index (χ2v) is 9.70. The number of nitrogens with one attached hydrogen (secondary N) is 3. The highest BCUT2D eigenvalue weighted by molar-refractivity contribution is 5.99. The van der Waals surface area contributed by atoms with E-state index < -0.39 is 41.4 Å². The number of aromatic nitrogens is 1. The number of aryl methyl sites for hydroxylation is 1. The first-order valence-electron chi connectivity index (χ1n) is 11.6. The van der Waals surface area contributed by atoms with Crippen molar-refractivity contribution >= 4 is 23.5 Å². The molecular formula is C23H34N4O7. The summed E-state index contributed by atoms with van der Waals surface area (Å²) in [5.74, 6) is -1.15. The van der Waals surface area contributed by atoms with Crippen molar-refractivity contribution in [1.29, 1.82) is 0 Å². The zero-order valence-electron chi connectivity index (χ0n) is 20.3. The van der Waals surface area contributed by atoms with Crippen LogP contribution in [0.1, 0.15) is 56.3 Å². The molecule has 0 bridgehead atoms. The number of nitrogens with zero attached hydrogens (tertiary/aromatic N) is 1. The molecule has 1 aromatic rings. The van der Waals surface area contributed by atoms with E-state index in [1.54, 1.807) is 13.8 Å². The average molecular weight is 479 g/mol. The van der Waals surface area contributed by atoms with Crippen LogP contribution < -0.4 is 16.0 Å². The van der Waals surface area contributed by atoms with E-state index in [9.17, 15) is 19.2 Å². The molecule has 1 saturated carbocycles. The van der Waals surface area contributed by atoms with Crippen molar-refractivity contribution in [3.05, 3.63) is 17.5 Å². The van der Waals surface area contributed by atoms with Gasteiger partial charge in [0, 0.05) is 13.2 Å². The molecule has 0 radical (unpaired) electrons. The second kappa shape index (κ2) is 10.6. The predicted molar refractivity (Wildman–Crippen MR) is 120 cm³/mol. The minimum absolute atomic E-state index is 0.0359. The van der Waals surface area contributed by atoms with Crippen molar-refractivity contribution in [2.24, 2.45) is 11.8 Å². The van der Waals surface area contributed by atoms with Gasteiger partial charge in [-0.15, -0.1) is 0 Å². The van der Waals surface area contributed by atoms with Crippen LogP contribution in [-0.2, 0) is 23.9 Å². The van der Waals surface area contributed by atoms with E-state index in [1.807, 2.05) is 13.8 Å². The number of ketones is 1. The van der Waals surface area contributed by atoms with Gasteiger partial charge < -0.3 is 29.9 Å². The summed E-state index contributed by atoms with van der Waals surface area (Å²) in [5, 5.41) is 11.8. The maximum absolute atomic E-state index is 13.2. The number of methoxy groups -OCH3 is 1. The first-order valence-corrected chi connectivity index (χ1v) is 11.6. The van der Waals surface area contributed by atoms with E-state index in [0.29, 0.717) is 18.8 Å². The summed E-state index contributed by atoms with van der Waals surface area (Å²) < 4.78 is 15.3. The molecule has 3 rings (SSSR count). The summed E-state index contributed by atoms with van der Waals surface area (Å²) in [6, 6.07) is -1.13. The highest BCUT2D eigenvalue weighted by Crippen LogP contribution is 2.33. The van der Waals surface area contributed by atoms with Gasteiger partial charge in [0.1, 0.15) is 23.4 Å². The smallest absolute Gasteiger partial charge is 0.274 e. The van der Waals surface area contributed by atoms with Crippen LogP contribution in [0.3, 0.4) is 0 Å². The van der Waals surface area contributed by atoms with E-state index in [0.717, 1.165) is 12.8 Å². The Kier molecular flexibility index (Phi) is 8.09. The molecule has 188 valence electrons. The fraction of sp³-hybridized carbons (Fsp3) is 0.696. The molecule has 0 aromatic carbocycles. The number of Topliss-reactive ketones (excluding diaryl/α,β-unsaturated/α-hetero) is 1. The summed E-state index contributed by atoms with van der Waals surface area (Å²) in [6.45, 7) is 7.53. The molecule has 1 saturated heterocycles. The molecule has 0 spiro atoms. The van der Waals surface area contributed by atoms with Gasteiger partial charge in [-0.05, 0) is 44.9 Å². The fourth-order valence-corrected chi connectivity index (χ4v) is 3.72. The number of carbonyl (C=O) groups excluding carboxylic acids is 4. The van der Waals surface area contributed by atoms with Crippen LogP contribution >= 0.6 is 0 Å². The monoisotopic (exact) mass is 478 g/mol. The number of hydrogen-bond acceptors (Lipinski definition) is 8. The Hall–Kier alpha value is -2.79. The van der Waals surface area contributed by atoms with Gasteiger partial charge in [-0.25, -0.2) is 0 Å². The van der Waals surface area contributed by atoms with Gasteiger partial charge in [-0.2, -0.15) is 0 Å². The van der Waals surface area contributed by atoms with Gasteiger partial charge in [0.05, 0.1) is 19.3 Å². The lowest BCUT2D eigenvalue weighted by Gasteiger charge is -2.26. The summed E-state index contributed by atoms with van der Waals surface area (Å²) in [4.78, 5) is 51.5. The maximum atomic E-state index is 13.2. The zero-order valence-corrected chi connectivity index (χ0v) is 20.3. The lowest BCUT2D eigenvalue weighted by molar-refractivity contribution is -0.134. The SMILES string of the molecule is COC[C@H](NC(=O)c1cc(C)on1)C(=O)NC(C(=O)N[C@@H](CC(C)C)C(=O)[C@@]1(C)CO1)C1CC1. The van der Waals surface area contributed by atoms with Crippen LogP contribution in [0, 0.1) is 18.8 Å². The van der Waals surface area contributed by atoms with Gasteiger partial charge in [0.25, 0.3) is 5.91 Å². The Morgan fingerprint density at radius 3 is 2.32 bits per heavy atom. The molecule has 3 N–H and O–H groups in total. The van der Waals surface area contributed by atoms with Crippen LogP contribution in [0.4, 0.5) is 0 Å². The molecule has 4 atom stereocenters. The van der Waals surface area contributed by atoms with Crippen molar-refractivity contribution < 1.29 is 33.2 Å². The number of epoxide rings is 1. The Morgan fingerprint density at radius 2 is 1.82 bits per heavy atom. The molecular weight excluding hydrogens is 444 g/mol. The average Bonchev–Trinajstić information content (AvgIpc) is 3.70. The van der Waals surface area contributed by atoms with E-state index >= 15 is 0 Å². The van der Waals surface area contributed by atoms with E-state index in [2.05, 4.69) is 21.1 Å². The quantitative estimate of drug-likeness (QED) is 0.347. The largest absolute Gasteiger partial charge is 0.382 e. The first-order chi connectivity index (χ1) is 16.0. The van der Waals surface area contributed by atoms with Gasteiger partial charge in [-0.3, -0.25) is 19.2 Å². The Balaban J connectivity index is 1.66. The summed E-state index contributed by atoms with van der Waals surface area (Å²) in [7, 11) is 1.40. The zero-order chi connectivity index (χ0) is 25.0. The van der Waals surface area contributed by atoms with Gasteiger partial charge >= 0.3 is 0 Å². The van der Waals surface area contributed by atoms with Gasteiger partial charge in [0.2, 0.25) is 11.8 Å². The highest BCUT2D eigenvalue weighted by Gasteiger charge is 2.50. The Labute approximate surface area is 198 Å². The molecule has 2 heterocycles. The topological polar surface area (TPSA) is 152 Å². The predicted octanol–water partition coefficient (Wildman–Crippen LogP) is 0.512. The molecule has 3 amide bonds. The molecule has 2 fully saturated rings. The first kappa shape index (κ1) is 25.8. The summed E-state index contributed by atoms with van der Waals surface area (Å²) >= 11 is 0. The molecule has 2 aliphatic rings. The number of carbonyl (C=O) groups is 4. The molecule has 1 aliphatic carbocycles. The van der Waals surface area contributed by atoms with Crippen molar-refractivity contribution in [1.82, 2.24) is 21.1 Å². The van der Waals surface area contributed by atoms with Crippen molar-refractivity contribution in [2.45, 2.75) is 70.7 Å². The molecule has 1 aliphatic heterocycles.